The van der Waals surface area contributed by atoms with Gasteiger partial charge in [0.15, 0.2) is 0 Å². The van der Waals surface area contributed by atoms with Gasteiger partial charge in [0.25, 0.3) is 0 Å². The number of benzene rings is 1. The highest BCUT2D eigenvalue weighted by atomic mass is 127. The van der Waals surface area contributed by atoms with Gasteiger partial charge in [-0.1, -0.05) is 12.1 Å². The van der Waals surface area contributed by atoms with Crippen LogP contribution < -0.4 is 4.74 Å². The Labute approximate surface area is 158 Å². The number of aromatic amines is 1. The maximum atomic E-state index is 9.22. The molecule has 0 unspecified atom stereocenters. The molecule has 0 aliphatic heterocycles. The van der Waals surface area contributed by atoms with E-state index in [1.165, 1.54) is 0 Å². The van der Waals surface area contributed by atoms with Crippen LogP contribution in [0.25, 0.3) is 22.2 Å². The largest absolute Gasteiger partial charge is 0.473 e. The second kappa shape index (κ2) is 6.28. The summed E-state index contributed by atoms with van der Waals surface area (Å²) in [5, 5.41) is 10.2. The van der Waals surface area contributed by atoms with Crippen LogP contribution in [0.15, 0.2) is 30.6 Å². The van der Waals surface area contributed by atoms with E-state index in [4.69, 9.17) is 7.80 Å². The number of fused-ring (bicyclic) bond motifs is 1. The maximum absolute atomic E-state index is 9.22. The van der Waals surface area contributed by atoms with Crippen molar-refractivity contribution in [3.63, 3.8) is 0 Å². The predicted molar refractivity (Wildman–Crippen MR) is 101 cm³/mol. The third-order valence-electron chi connectivity index (χ3n) is 4.46. The van der Waals surface area contributed by atoms with Gasteiger partial charge in [-0.3, -0.25) is 0 Å². The molecule has 1 aliphatic carbocycles. The number of nitrogens with zero attached hydrogens (tertiary/aromatic N) is 3. The zero-order valence-electron chi connectivity index (χ0n) is 13.5. The van der Waals surface area contributed by atoms with E-state index >= 15 is 0 Å². The van der Waals surface area contributed by atoms with E-state index in [0.29, 0.717) is 18.1 Å². The Morgan fingerprint density at radius 3 is 2.92 bits per heavy atom. The third-order valence-corrected chi connectivity index (χ3v) is 5.39. The molecule has 0 radical (unpaired) electrons. The summed E-state index contributed by atoms with van der Waals surface area (Å²) in [6.07, 6.45) is 5.58. The van der Waals surface area contributed by atoms with E-state index in [-0.39, 0.29) is 5.60 Å². The summed E-state index contributed by atoms with van der Waals surface area (Å²) in [6.45, 7) is 2.37. The molecule has 126 valence electrons. The first-order chi connectivity index (χ1) is 12.2. The number of aryl methyl sites for hydroxylation is 1. The number of para-hydroxylation sites is 1. The molecule has 25 heavy (non-hydrogen) atoms. The normalized spacial score (nSPS) is 15.1. The fourth-order valence-electron chi connectivity index (χ4n) is 2.78. The van der Waals surface area contributed by atoms with Gasteiger partial charge in [-0.05, 0) is 25.8 Å². The number of rotatable bonds is 5. The van der Waals surface area contributed by atoms with Crippen molar-refractivity contribution < 1.29 is 7.80 Å². The molecule has 1 aromatic carbocycles. The van der Waals surface area contributed by atoms with Crippen LogP contribution in [0.5, 0.6) is 5.88 Å². The van der Waals surface area contributed by atoms with Crippen molar-refractivity contribution >= 4 is 33.9 Å². The Kier molecular flexibility index (Phi) is 4.09. The maximum Gasteiger partial charge on any atom is 0.235 e. The van der Waals surface area contributed by atoms with Crippen LogP contribution in [-0.2, 0) is 3.07 Å². The smallest absolute Gasteiger partial charge is 0.235 e. The van der Waals surface area contributed by atoms with Crippen LogP contribution >= 0.6 is 23.0 Å². The Morgan fingerprint density at radius 2 is 2.24 bits per heavy atom. The van der Waals surface area contributed by atoms with E-state index < -0.39 is 0 Å². The highest BCUT2D eigenvalue weighted by molar-refractivity contribution is 14.1. The summed E-state index contributed by atoms with van der Waals surface area (Å²) < 4.78 is 11.2. The molecule has 1 fully saturated rings. The second-order valence-corrected chi connectivity index (χ2v) is 6.68. The Balaban J connectivity index is 1.64. The average molecular weight is 446 g/mol. The zero-order chi connectivity index (χ0) is 17.4. The van der Waals surface area contributed by atoms with Gasteiger partial charge in [0, 0.05) is 17.1 Å². The number of H-pyrrole nitrogens is 1. The molecule has 1 N–H and O–H groups in total. The fourth-order valence-corrected chi connectivity index (χ4v) is 3.35. The molecule has 3 aromatic rings. The van der Waals surface area contributed by atoms with Gasteiger partial charge in [-0.25, -0.2) is 9.97 Å². The number of ether oxygens (including phenoxy) is 1. The van der Waals surface area contributed by atoms with Gasteiger partial charge in [-0.2, -0.15) is 5.26 Å². The summed E-state index contributed by atoms with van der Waals surface area (Å²) >= 11 is 1.93. The summed E-state index contributed by atoms with van der Waals surface area (Å²) in [5.74, 6) is 0.529. The van der Waals surface area contributed by atoms with Crippen LogP contribution in [0.4, 0.5) is 0 Å². The van der Waals surface area contributed by atoms with E-state index in [0.717, 1.165) is 40.7 Å². The monoisotopic (exact) mass is 446 g/mol. The predicted octanol–water partition coefficient (Wildman–Crippen LogP) is 4.08. The van der Waals surface area contributed by atoms with Gasteiger partial charge in [-0.15, -0.1) is 0 Å². The fraction of sp³-hybridized carbons (Fsp3) is 0.278. The Hall–Kier alpha value is -2.18. The third kappa shape index (κ3) is 2.96. The molecule has 0 bridgehead atoms. The van der Waals surface area contributed by atoms with Gasteiger partial charge in [0.2, 0.25) is 5.88 Å². The summed E-state index contributed by atoms with van der Waals surface area (Å²) in [6, 6.07) is 7.83. The minimum absolute atomic E-state index is 0.155. The molecular weight excluding hydrogens is 431 g/mol. The van der Waals surface area contributed by atoms with Crippen LogP contribution in [-0.4, -0.2) is 27.2 Å². The summed E-state index contributed by atoms with van der Waals surface area (Å²) in [7, 11) is 0. The summed E-state index contributed by atoms with van der Waals surface area (Å²) in [4.78, 5) is 12.2. The topological polar surface area (TPSA) is 83.8 Å². The molecular formula is C18H15IN4O2. The highest BCUT2D eigenvalue weighted by Gasteiger charge is 2.45. The first-order valence-corrected chi connectivity index (χ1v) is 8.81. The van der Waals surface area contributed by atoms with Gasteiger partial charge in [0.05, 0.1) is 23.0 Å². The minimum Gasteiger partial charge on any atom is -0.473 e. The summed E-state index contributed by atoms with van der Waals surface area (Å²) in [5.41, 5.74) is 3.67. The Morgan fingerprint density at radius 1 is 1.40 bits per heavy atom. The van der Waals surface area contributed by atoms with Crippen LogP contribution in [0.1, 0.15) is 24.1 Å². The zero-order valence-corrected chi connectivity index (χ0v) is 15.7. The van der Waals surface area contributed by atoms with Crippen LogP contribution in [0, 0.1) is 18.3 Å². The molecule has 0 spiro atoms. The lowest BCUT2D eigenvalue weighted by Crippen LogP contribution is -2.20. The molecule has 2 heterocycles. The van der Waals surface area contributed by atoms with E-state index in [9.17, 15) is 5.26 Å². The van der Waals surface area contributed by atoms with Crippen molar-refractivity contribution in [2.45, 2.75) is 25.4 Å². The number of halogens is 1. The Bertz CT molecular complexity index is 988. The van der Waals surface area contributed by atoms with Crippen LogP contribution in [0.3, 0.4) is 0 Å². The molecule has 1 saturated carbocycles. The molecule has 1 aliphatic rings. The van der Waals surface area contributed by atoms with Gasteiger partial charge >= 0.3 is 0 Å². The molecule has 0 saturated heterocycles. The van der Waals surface area contributed by atoms with E-state index in [1.54, 1.807) is 12.3 Å². The van der Waals surface area contributed by atoms with E-state index in [1.807, 2.05) is 48.3 Å². The number of aromatic nitrogens is 3. The second-order valence-electron chi connectivity index (χ2n) is 6.24. The van der Waals surface area contributed by atoms with Crippen molar-refractivity contribution in [2.24, 2.45) is 0 Å². The standard InChI is InChI=1S/C18H15IN4O2/c1-11-17(24-10-18(25-19)5-6-18)22-9-15(23-11)14-8-21-16-12(7-20)3-2-4-13(14)16/h2-4,8-9,21H,5-6,10H2,1H3. The number of hydrogen-bond donors (Lipinski definition) is 1. The molecule has 6 nitrogen and oxygen atoms in total. The SMILES string of the molecule is Cc1nc(-c2c[nH]c3c(C#N)cccc23)cnc1OCC1(OI)CC1. The van der Waals surface area contributed by atoms with Crippen LogP contribution in [0.2, 0.25) is 0 Å². The lowest BCUT2D eigenvalue weighted by Gasteiger charge is -2.13. The number of hydrogen-bond acceptors (Lipinski definition) is 5. The molecule has 4 rings (SSSR count). The highest BCUT2D eigenvalue weighted by Crippen LogP contribution is 2.41. The number of nitriles is 1. The minimum atomic E-state index is -0.155. The van der Waals surface area contributed by atoms with Crippen molar-refractivity contribution in [3.05, 3.63) is 41.9 Å². The van der Waals surface area contributed by atoms with Gasteiger partial charge in [0.1, 0.15) is 47.0 Å². The van der Waals surface area contributed by atoms with Crippen molar-refractivity contribution in [1.82, 2.24) is 15.0 Å². The van der Waals surface area contributed by atoms with Crippen molar-refractivity contribution in [2.75, 3.05) is 6.61 Å². The lowest BCUT2D eigenvalue weighted by atomic mass is 10.1. The number of nitrogens with one attached hydrogen (secondary N) is 1. The van der Waals surface area contributed by atoms with E-state index in [2.05, 4.69) is 21.0 Å². The van der Waals surface area contributed by atoms with Gasteiger partial charge < -0.3 is 12.8 Å². The molecule has 7 heteroatoms. The van der Waals surface area contributed by atoms with Crippen molar-refractivity contribution in [1.29, 1.82) is 5.26 Å². The molecule has 0 amide bonds. The first-order valence-electron chi connectivity index (χ1n) is 7.92. The average Bonchev–Trinajstić information content (AvgIpc) is 3.30. The molecule has 0 atom stereocenters. The quantitative estimate of drug-likeness (QED) is 0.598. The van der Waals surface area contributed by atoms with Crippen molar-refractivity contribution in [3.8, 4) is 23.2 Å². The first kappa shape index (κ1) is 16.3. The molecule has 2 aromatic heterocycles. The lowest BCUT2D eigenvalue weighted by molar-refractivity contribution is 0.147.